The third-order valence-corrected chi connectivity index (χ3v) is 5.55. The van der Waals surface area contributed by atoms with Crippen LogP contribution in [0.2, 0.25) is 0 Å². The molecule has 1 amide bonds. The lowest BCUT2D eigenvalue weighted by Gasteiger charge is -2.17. The first-order valence-corrected chi connectivity index (χ1v) is 10.5. The minimum atomic E-state index is -0.598. The monoisotopic (exact) mass is 453 g/mol. The molecule has 0 atom stereocenters. The SMILES string of the molecule is CN(Cc1nc2ccccc2c(=O)[nH]1)C(=O)c1ccc2c(=O)n(-c3ccccc3)c(=O)[nH]c2c1. The van der Waals surface area contributed by atoms with Gasteiger partial charge in [0.1, 0.15) is 5.82 Å². The van der Waals surface area contributed by atoms with Crippen LogP contribution in [-0.4, -0.2) is 37.4 Å². The molecular formula is C25H19N5O4. The van der Waals surface area contributed by atoms with Gasteiger partial charge >= 0.3 is 5.69 Å². The van der Waals surface area contributed by atoms with E-state index < -0.39 is 11.2 Å². The predicted molar refractivity (Wildman–Crippen MR) is 128 cm³/mol. The number of amides is 1. The van der Waals surface area contributed by atoms with Gasteiger partial charge in [-0.05, 0) is 42.5 Å². The number of nitrogens with zero attached hydrogens (tertiary/aromatic N) is 3. The van der Waals surface area contributed by atoms with Crippen LogP contribution < -0.4 is 16.8 Å². The second kappa shape index (κ2) is 8.28. The van der Waals surface area contributed by atoms with Crippen LogP contribution in [0, 0.1) is 0 Å². The summed E-state index contributed by atoms with van der Waals surface area (Å²) in [6, 6.07) is 20.1. The van der Waals surface area contributed by atoms with E-state index >= 15 is 0 Å². The van der Waals surface area contributed by atoms with Gasteiger partial charge < -0.3 is 14.9 Å². The van der Waals surface area contributed by atoms with Gasteiger partial charge in [0.25, 0.3) is 17.0 Å². The van der Waals surface area contributed by atoms with Gasteiger partial charge in [-0.2, -0.15) is 0 Å². The average molecular weight is 453 g/mol. The van der Waals surface area contributed by atoms with Gasteiger partial charge in [-0.25, -0.2) is 14.3 Å². The number of fused-ring (bicyclic) bond motifs is 2. The van der Waals surface area contributed by atoms with E-state index in [-0.39, 0.29) is 34.5 Å². The molecule has 0 aliphatic heterocycles. The molecule has 0 aliphatic rings. The van der Waals surface area contributed by atoms with Crippen molar-refractivity contribution in [2.75, 3.05) is 7.05 Å². The van der Waals surface area contributed by atoms with Crippen molar-refractivity contribution in [1.29, 1.82) is 0 Å². The van der Waals surface area contributed by atoms with Crippen LogP contribution in [0.25, 0.3) is 27.5 Å². The maximum Gasteiger partial charge on any atom is 0.333 e. The Hall–Kier alpha value is -4.79. The van der Waals surface area contributed by atoms with Gasteiger partial charge in [-0.3, -0.25) is 14.4 Å². The Morgan fingerprint density at radius 3 is 2.44 bits per heavy atom. The van der Waals surface area contributed by atoms with Crippen LogP contribution in [0.4, 0.5) is 0 Å². The van der Waals surface area contributed by atoms with Gasteiger partial charge in [0.2, 0.25) is 0 Å². The van der Waals surface area contributed by atoms with Crippen LogP contribution in [0.1, 0.15) is 16.2 Å². The number of aromatic nitrogens is 4. The second-order valence-corrected chi connectivity index (χ2v) is 7.86. The van der Waals surface area contributed by atoms with E-state index in [0.29, 0.717) is 22.4 Å². The summed E-state index contributed by atoms with van der Waals surface area (Å²) in [6.07, 6.45) is 0. The first-order valence-electron chi connectivity index (χ1n) is 10.5. The second-order valence-electron chi connectivity index (χ2n) is 7.86. The van der Waals surface area contributed by atoms with Crippen LogP contribution in [0.15, 0.2) is 87.2 Å². The number of aromatic amines is 2. The Morgan fingerprint density at radius 2 is 1.65 bits per heavy atom. The molecule has 2 aromatic heterocycles. The number of hydrogen-bond donors (Lipinski definition) is 2. The zero-order chi connectivity index (χ0) is 23.8. The Balaban J connectivity index is 1.47. The number of rotatable bonds is 4. The minimum Gasteiger partial charge on any atom is -0.334 e. The van der Waals surface area contributed by atoms with Crippen molar-refractivity contribution in [2.24, 2.45) is 0 Å². The topological polar surface area (TPSA) is 121 Å². The molecule has 0 saturated heterocycles. The van der Waals surface area contributed by atoms with E-state index in [9.17, 15) is 19.2 Å². The fraction of sp³-hybridized carbons (Fsp3) is 0.0800. The predicted octanol–water partition coefficient (Wildman–Crippen LogP) is 2.19. The summed E-state index contributed by atoms with van der Waals surface area (Å²) in [4.78, 5) is 62.1. The molecule has 2 N–H and O–H groups in total. The Morgan fingerprint density at radius 1 is 0.912 bits per heavy atom. The van der Waals surface area contributed by atoms with Crippen molar-refractivity contribution in [1.82, 2.24) is 24.4 Å². The van der Waals surface area contributed by atoms with Crippen molar-refractivity contribution in [3.63, 3.8) is 0 Å². The highest BCUT2D eigenvalue weighted by molar-refractivity contribution is 5.97. The summed E-state index contributed by atoms with van der Waals surface area (Å²) in [7, 11) is 1.58. The van der Waals surface area contributed by atoms with E-state index in [1.807, 2.05) is 0 Å². The smallest absolute Gasteiger partial charge is 0.333 e. The summed E-state index contributed by atoms with van der Waals surface area (Å²) in [6.45, 7) is 0.0725. The molecular weight excluding hydrogens is 434 g/mol. The Kier molecular flexibility index (Phi) is 5.14. The number of carbonyl (C=O) groups excluding carboxylic acids is 1. The molecule has 0 saturated carbocycles. The molecule has 2 heterocycles. The van der Waals surface area contributed by atoms with Crippen molar-refractivity contribution in [3.8, 4) is 5.69 Å². The van der Waals surface area contributed by atoms with Gasteiger partial charge in [0, 0.05) is 12.6 Å². The Labute approximate surface area is 191 Å². The molecule has 5 rings (SSSR count). The lowest BCUT2D eigenvalue weighted by atomic mass is 10.1. The summed E-state index contributed by atoms with van der Waals surface area (Å²) < 4.78 is 1.05. The highest BCUT2D eigenvalue weighted by Crippen LogP contribution is 2.14. The highest BCUT2D eigenvalue weighted by Gasteiger charge is 2.16. The molecule has 0 aliphatic carbocycles. The molecule has 0 fully saturated rings. The van der Waals surface area contributed by atoms with Gasteiger partial charge in [-0.15, -0.1) is 0 Å². The fourth-order valence-electron chi connectivity index (χ4n) is 3.89. The van der Waals surface area contributed by atoms with Gasteiger partial charge in [0.15, 0.2) is 0 Å². The van der Waals surface area contributed by atoms with Crippen molar-refractivity contribution >= 4 is 27.7 Å². The van der Waals surface area contributed by atoms with E-state index in [1.54, 1.807) is 61.6 Å². The molecule has 9 nitrogen and oxygen atoms in total. The normalized spacial score (nSPS) is 11.1. The molecule has 0 bridgehead atoms. The zero-order valence-corrected chi connectivity index (χ0v) is 18.1. The maximum absolute atomic E-state index is 13.0. The van der Waals surface area contributed by atoms with Gasteiger partial charge in [-0.1, -0.05) is 30.3 Å². The molecule has 0 radical (unpaired) electrons. The summed E-state index contributed by atoms with van der Waals surface area (Å²) in [5, 5.41) is 0.753. The zero-order valence-electron chi connectivity index (χ0n) is 18.1. The van der Waals surface area contributed by atoms with E-state index in [0.717, 1.165) is 4.57 Å². The summed E-state index contributed by atoms with van der Waals surface area (Å²) in [5.41, 5.74) is 0.186. The number of benzene rings is 3. The first-order chi connectivity index (χ1) is 16.4. The number of carbonyl (C=O) groups is 1. The standard InChI is InChI=1S/C25H19N5O4/c1-29(14-21-26-19-10-6-5-9-17(19)22(31)28-21)23(32)15-11-12-18-20(13-15)27-25(34)30(24(18)33)16-7-3-2-4-8-16/h2-13H,14H2,1H3,(H,27,34)(H,26,28,31). The van der Waals surface area contributed by atoms with Crippen LogP contribution in [0.5, 0.6) is 0 Å². The highest BCUT2D eigenvalue weighted by atomic mass is 16.2. The van der Waals surface area contributed by atoms with Crippen molar-refractivity contribution < 1.29 is 4.79 Å². The average Bonchev–Trinajstić information content (AvgIpc) is 2.84. The molecule has 168 valence electrons. The largest absolute Gasteiger partial charge is 0.334 e. The van der Waals surface area contributed by atoms with Gasteiger partial charge in [0.05, 0.1) is 34.0 Å². The Bertz CT molecular complexity index is 1730. The molecule has 0 spiro atoms. The van der Waals surface area contributed by atoms with Crippen molar-refractivity contribution in [2.45, 2.75) is 6.54 Å². The molecule has 9 heteroatoms. The lowest BCUT2D eigenvalue weighted by molar-refractivity contribution is 0.0781. The van der Waals surface area contributed by atoms with Crippen LogP contribution in [0.3, 0.4) is 0 Å². The first kappa shape index (κ1) is 21.1. The maximum atomic E-state index is 13.0. The van der Waals surface area contributed by atoms with E-state index in [2.05, 4.69) is 15.0 Å². The summed E-state index contributed by atoms with van der Waals surface area (Å²) in [5.74, 6) is -0.00899. The lowest BCUT2D eigenvalue weighted by Crippen LogP contribution is -2.33. The number of para-hydroxylation sites is 2. The van der Waals surface area contributed by atoms with E-state index in [4.69, 9.17) is 0 Å². The molecule has 5 aromatic rings. The van der Waals surface area contributed by atoms with Crippen molar-refractivity contribution in [3.05, 3.63) is 115 Å². The molecule has 0 unspecified atom stereocenters. The van der Waals surface area contributed by atoms with E-state index in [1.165, 1.54) is 23.1 Å². The number of nitrogens with one attached hydrogen (secondary N) is 2. The van der Waals surface area contributed by atoms with Crippen LogP contribution >= 0.6 is 0 Å². The molecule has 3 aromatic carbocycles. The number of H-pyrrole nitrogens is 2. The minimum absolute atomic E-state index is 0.0725. The van der Waals surface area contributed by atoms with Crippen LogP contribution in [-0.2, 0) is 6.54 Å². The third kappa shape index (κ3) is 3.69. The third-order valence-electron chi connectivity index (χ3n) is 5.55. The molecule has 34 heavy (non-hydrogen) atoms. The fourth-order valence-corrected chi connectivity index (χ4v) is 3.89. The summed E-state index contributed by atoms with van der Waals surface area (Å²) >= 11 is 0. The quantitative estimate of drug-likeness (QED) is 0.432. The number of hydrogen-bond acceptors (Lipinski definition) is 5.